The van der Waals surface area contributed by atoms with E-state index in [1.165, 1.54) is 5.56 Å². The van der Waals surface area contributed by atoms with Crippen LogP contribution in [-0.2, 0) is 20.8 Å². The van der Waals surface area contributed by atoms with Gasteiger partial charge >= 0.3 is 0 Å². The van der Waals surface area contributed by atoms with Crippen LogP contribution >= 0.6 is 0 Å². The Hall–Kier alpha value is -3.55. The lowest BCUT2D eigenvalue weighted by molar-refractivity contribution is -0.130. The van der Waals surface area contributed by atoms with Crippen LogP contribution in [0.4, 0.5) is 5.69 Å². The number of amides is 3. The topological polar surface area (TPSA) is 97.0 Å². The molecule has 1 saturated heterocycles. The van der Waals surface area contributed by atoms with Crippen molar-refractivity contribution in [2.24, 2.45) is 5.92 Å². The van der Waals surface area contributed by atoms with Gasteiger partial charge in [0, 0.05) is 31.3 Å². The number of fused-ring (bicyclic) bond motifs is 1. The van der Waals surface area contributed by atoms with E-state index in [2.05, 4.69) is 22.8 Å². The summed E-state index contributed by atoms with van der Waals surface area (Å²) in [6.45, 7) is 2.60. The molecule has 2 aliphatic heterocycles. The fourth-order valence-electron chi connectivity index (χ4n) is 3.88. The van der Waals surface area contributed by atoms with Crippen LogP contribution in [0.1, 0.15) is 25.3 Å². The molecule has 3 amide bonds. The predicted octanol–water partition coefficient (Wildman–Crippen LogP) is 2.02. The van der Waals surface area contributed by atoms with Crippen molar-refractivity contribution in [2.45, 2.75) is 32.2 Å². The van der Waals surface area contributed by atoms with E-state index in [9.17, 15) is 14.4 Å². The number of hydrogen-bond donors (Lipinski definition) is 2. The maximum atomic E-state index is 12.7. The summed E-state index contributed by atoms with van der Waals surface area (Å²) >= 11 is 0. The molecule has 2 aliphatic rings. The average Bonchev–Trinajstić information content (AvgIpc) is 3.43. The number of nitrogens with one attached hydrogen (secondary N) is 2. The fourth-order valence-corrected chi connectivity index (χ4v) is 3.88. The van der Waals surface area contributed by atoms with Gasteiger partial charge in [-0.1, -0.05) is 30.3 Å². The normalized spacial score (nSPS) is 17.8. The number of rotatable bonds is 8. The molecule has 0 aliphatic carbocycles. The summed E-state index contributed by atoms with van der Waals surface area (Å²) in [5.74, 6) is 0.0410. The number of anilines is 1. The lowest BCUT2D eigenvalue weighted by Crippen LogP contribution is -2.47. The summed E-state index contributed by atoms with van der Waals surface area (Å²) in [6.07, 6.45) is 1.80. The number of nitrogens with zero attached hydrogens (tertiary/aromatic N) is 1. The van der Waals surface area contributed by atoms with Gasteiger partial charge in [-0.15, -0.1) is 0 Å². The molecule has 8 heteroatoms. The number of carbonyl (C=O) groups excluding carboxylic acids is 3. The van der Waals surface area contributed by atoms with E-state index in [0.717, 1.165) is 12.8 Å². The average molecular weight is 437 g/mol. The third kappa shape index (κ3) is 5.01. The van der Waals surface area contributed by atoms with Crippen molar-refractivity contribution < 1.29 is 23.9 Å². The molecule has 2 atom stereocenters. The van der Waals surface area contributed by atoms with Crippen LogP contribution in [0.15, 0.2) is 48.5 Å². The summed E-state index contributed by atoms with van der Waals surface area (Å²) in [5.41, 5.74) is 1.89. The predicted molar refractivity (Wildman–Crippen MR) is 118 cm³/mol. The number of carbonyl (C=O) groups is 3. The van der Waals surface area contributed by atoms with Crippen LogP contribution in [-0.4, -0.2) is 43.6 Å². The summed E-state index contributed by atoms with van der Waals surface area (Å²) in [5, 5.41) is 5.60. The molecule has 4 rings (SSSR count). The van der Waals surface area contributed by atoms with Gasteiger partial charge in [-0.3, -0.25) is 14.4 Å². The van der Waals surface area contributed by atoms with E-state index in [4.69, 9.17) is 9.47 Å². The maximum Gasteiger partial charge on any atom is 0.242 e. The van der Waals surface area contributed by atoms with Crippen molar-refractivity contribution >= 4 is 23.4 Å². The number of ether oxygens (including phenoxy) is 2. The van der Waals surface area contributed by atoms with Gasteiger partial charge < -0.3 is 25.0 Å². The van der Waals surface area contributed by atoms with Gasteiger partial charge in [0.1, 0.15) is 6.04 Å². The molecule has 8 nitrogen and oxygen atoms in total. The Morgan fingerprint density at radius 1 is 1.12 bits per heavy atom. The van der Waals surface area contributed by atoms with Crippen molar-refractivity contribution in [3.05, 3.63) is 54.1 Å². The molecule has 168 valence electrons. The molecule has 0 bridgehead atoms. The minimum Gasteiger partial charge on any atom is -0.454 e. The molecule has 32 heavy (non-hydrogen) atoms. The van der Waals surface area contributed by atoms with Crippen molar-refractivity contribution in [1.29, 1.82) is 0 Å². The van der Waals surface area contributed by atoms with E-state index in [0.29, 0.717) is 23.7 Å². The van der Waals surface area contributed by atoms with E-state index in [1.807, 2.05) is 18.2 Å². The van der Waals surface area contributed by atoms with E-state index < -0.39 is 12.0 Å². The number of benzene rings is 2. The quantitative estimate of drug-likeness (QED) is 0.616. The Bertz CT molecular complexity index is 994. The van der Waals surface area contributed by atoms with Gasteiger partial charge in [0.2, 0.25) is 24.5 Å². The third-order valence-corrected chi connectivity index (χ3v) is 5.70. The molecule has 1 fully saturated rings. The lowest BCUT2D eigenvalue weighted by Gasteiger charge is -2.18. The minimum atomic E-state index is -0.672. The maximum absolute atomic E-state index is 12.7. The van der Waals surface area contributed by atoms with Gasteiger partial charge in [-0.25, -0.2) is 0 Å². The molecule has 2 N–H and O–H groups in total. The highest BCUT2D eigenvalue weighted by molar-refractivity contribution is 6.01. The zero-order chi connectivity index (χ0) is 22.5. The molecule has 0 saturated carbocycles. The van der Waals surface area contributed by atoms with Crippen LogP contribution < -0.4 is 25.0 Å². The van der Waals surface area contributed by atoms with E-state index in [-0.39, 0.29) is 37.5 Å². The minimum absolute atomic E-state index is 0.103. The number of hydrogen-bond acceptors (Lipinski definition) is 5. The molecule has 2 heterocycles. The highest BCUT2D eigenvalue weighted by atomic mass is 16.7. The van der Waals surface area contributed by atoms with Gasteiger partial charge in [-0.05, 0) is 37.5 Å². The highest BCUT2D eigenvalue weighted by Crippen LogP contribution is 2.37. The van der Waals surface area contributed by atoms with Gasteiger partial charge in [0.15, 0.2) is 11.5 Å². The van der Waals surface area contributed by atoms with Crippen LogP contribution in [0.3, 0.4) is 0 Å². The molecule has 2 aromatic rings. The molecule has 0 aromatic heterocycles. The van der Waals surface area contributed by atoms with E-state index in [1.54, 1.807) is 30.0 Å². The van der Waals surface area contributed by atoms with Gasteiger partial charge in [0.05, 0.1) is 5.92 Å². The van der Waals surface area contributed by atoms with Crippen molar-refractivity contribution in [2.75, 3.05) is 24.8 Å². The summed E-state index contributed by atoms with van der Waals surface area (Å²) in [4.78, 5) is 39.1. The first kappa shape index (κ1) is 21.7. The monoisotopic (exact) mass is 437 g/mol. The molecule has 0 radical (unpaired) electrons. The summed E-state index contributed by atoms with van der Waals surface area (Å²) in [6, 6.07) is 14.7. The molecule has 0 spiro atoms. The fraction of sp³-hybridized carbons (Fsp3) is 0.375. The Kier molecular flexibility index (Phi) is 6.58. The highest BCUT2D eigenvalue weighted by Gasteiger charge is 2.36. The van der Waals surface area contributed by atoms with Crippen molar-refractivity contribution in [1.82, 2.24) is 10.6 Å². The first-order valence-electron chi connectivity index (χ1n) is 10.8. The third-order valence-electron chi connectivity index (χ3n) is 5.70. The zero-order valence-electron chi connectivity index (χ0n) is 18.0. The van der Waals surface area contributed by atoms with Crippen molar-refractivity contribution in [3.63, 3.8) is 0 Å². The Morgan fingerprint density at radius 2 is 1.91 bits per heavy atom. The Labute approximate surface area is 186 Å². The summed E-state index contributed by atoms with van der Waals surface area (Å²) in [7, 11) is 0. The van der Waals surface area contributed by atoms with E-state index >= 15 is 0 Å². The van der Waals surface area contributed by atoms with Crippen LogP contribution in [0.25, 0.3) is 0 Å². The van der Waals surface area contributed by atoms with Crippen LogP contribution in [0, 0.1) is 5.92 Å². The standard InChI is InChI=1S/C24H27N3O5/c1-16(23(29)25-11-5-8-17-6-3-2-4-7-17)26-24(30)18-12-22(28)27(14-18)19-9-10-20-21(13-19)32-15-31-20/h2-4,6-7,9-10,13,16,18H,5,8,11-12,14-15H2,1H3,(H,25,29)(H,26,30)/t16-,18+/m0/s1. The first-order valence-corrected chi connectivity index (χ1v) is 10.8. The Balaban J connectivity index is 1.23. The first-order chi connectivity index (χ1) is 15.5. The van der Waals surface area contributed by atoms with Crippen LogP contribution in [0.5, 0.6) is 11.5 Å². The molecule has 2 aromatic carbocycles. The number of aryl methyl sites for hydroxylation is 1. The zero-order valence-corrected chi connectivity index (χ0v) is 18.0. The smallest absolute Gasteiger partial charge is 0.242 e. The second-order valence-electron chi connectivity index (χ2n) is 8.05. The van der Waals surface area contributed by atoms with Gasteiger partial charge in [0.25, 0.3) is 0 Å². The SMILES string of the molecule is C[C@H](NC(=O)[C@@H]1CC(=O)N(c2ccc3c(c2)OCO3)C1)C(=O)NCCCc1ccccc1. The van der Waals surface area contributed by atoms with Crippen molar-refractivity contribution in [3.8, 4) is 11.5 Å². The van der Waals surface area contributed by atoms with Crippen LogP contribution in [0.2, 0.25) is 0 Å². The van der Waals surface area contributed by atoms with Gasteiger partial charge in [-0.2, -0.15) is 0 Å². The molecule has 0 unspecified atom stereocenters. The lowest BCUT2D eigenvalue weighted by atomic mass is 10.1. The second kappa shape index (κ2) is 9.72. The molecular weight excluding hydrogens is 410 g/mol. The Morgan fingerprint density at radius 3 is 2.72 bits per heavy atom. The largest absolute Gasteiger partial charge is 0.454 e. The molecular formula is C24H27N3O5. The second-order valence-corrected chi connectivity index (χ2v) is 8.05. The summed E-state index contributed by atoms with van der Waals surface area (Å²) < 4.78 is 10.7.